The van der Waals surface area contributed by atoms with E-state index in [0.717, 1.165) is 27.6 Å². The van der Waals surface area contributed by atoms with E-state index in [9.17, 15) is 19.2 Å². The molecule has 41 heavy (non-hydrogen) atoms. The fourth-order valence-electron chi connectivity index (χ4n) is 4.88. The van der Waals surface area contributed by atoms with E-state index in [4.69, 9.17) is 9.47 Å². The zero-order valence-corrected chi connectivity index (χ0v) is 24.4. The van der Waals surface area contributed by atoms with Crippen LogP contribution in [0.4, 0.5) is 4.79 Å². The van der Waals surface area contributed by atoms with Crippen LogP contribution in [-0.2, 0) is 38.4 Å². The fraction of sp³-hybridized carbons (Fsp3) is 0.419. The first-order valence-electron chi connectivity index (χ1n) is 13.6. The van der Waals surface area contributed by atoms with Crippen molar-refractivity contribution in [3.8, 4) is 0 Å². The summed E-state index contributed by atoms with van der Waals surface area (Å²) in [5.74, 6) is -1.16. The highest BCUT2D eigenvalue weighted by atomic mass is 16.6. The van der Waals surface area contributed by atoms with Gasteiger partial charge in [0.1, 0.15) is 17.2 Å². The Morgan fingerprint density at radius 3 is 2.46 bits per heavy atom. The second-order valence-electron chi connectivity index (χ2n) is 11.8. The largest absolute Gasteiger partial charge is 0.465 e. The number of para-hydroxylation sites is 1. The number of fused-ring (bicyclic) bond motifs is 2. The van der Waals surface area contributed by atoms with Crippen molar-refractivity contribution in [3.05, 3.63) is 70.9 Å². The topological polar surface area (TPSA) is 130 Å². The predicted octanol–water partition coefficient (Wildman–Crippen LogP) is 3.87. The quantitative estimate of drug-likeness (QED) is 0.375. The number of benzene rings is 2. The molecule has 10 nitrogen and oxygen atoms in total. The molecule has 3 amide bonds. The highest BCUT2D eigenvalue weighted by Gasteiger charge is 2.36. The normalized spacial score (nSPS) is 14.1. The number of nitrogens with zero attached hydrogens (tertiary/aromatic N) is 1. The Labute approximate surface area is 239 Å². The Morgan fingerprint density at radius 2 is 1.76 bits per heavy atom. The Balaban J connectivity index is 1.56. The van der Waals surface area contributed by atoms with Gasteiger partial charge in [-0.1, -0.05) is 24.3 Å². The SMILES string of the molecule is COC(=O)c1ccc2c(c1)CCN(C(=O)[C@@H](Cc1c[nH]c3ccccc13)NC(=O)C(C)(C)NC(=O)OC(C)(C)C)C2. The van der Waals surface area contributed by atoms with Gasteiger partial charge in [-0.05, 0) is 75.9 Å². The van der Waals surface area contributed by atoms with Gasteiger partial charge < -0.3 is 30.0 Å². The smallest absolute Gasteiger partial charge is 0.408 e. The van der Waals surface area contributed by atoms with Crippen LogP contribution in [0.1, 0.15) is 61.7 Å². The summed E-state index contributed by atoms with van der Waals surface area (Å²) >= 11 is 0. The zero-order valence-electron chi connectivity index (χ0n) is 24.4. The molecule has 0 bridgehead atoms. The molecule has 0 saturated heterocycles. The number of nitrogens with one attached hydrogen (secondary N) is 3. The Kier molecular flexibility index (Phi) is 8.42. The number of aromatic nitrogens is 1. The van der Waals surface area contributed by atoms with Crippen LogP contribution in [0.2, 0.25) is 0 Å². The monoisotopic (exact) mass is 562 g/mol. The minimum Gasteiger partial charge on any atom is -0.465 e. The zero-order chi connectivity index (χ0) is 29.9. The van der Waals surface area contributed by atoms with E-state index < -0.39 is 35.2 Å². The van der Waals surface area contributed by atoms with Crippen LogP contribution < -0.4 is 10.6 Å². The van der Waals surface area contributed by atoms with E-state index in [1.54, 1.807) is 51.7 Å². The van der Waals surface area contributed by atoms with Crippen molar-refractivity contribution in [3.63, 3.8) is 0 Å². The summed E-state index contributed by atoms with van der Waals surface area (Å²) in [6, 6.07) is 12.2. The number of rotatable bonds is 7. The van der Waals surface area contributed by atoms with Crippen molar-refractivity contribution in [2.45, 2.75) is 71.2 Å². The number of carbonyl (C=O) groups excluding carboxylic acids is 4. The van der Waals surface area contributed by atoms with E-state index in [1.807, 2.05) is 36.5 Å². The number of aromatic amines is 1. The van der Waals surface area contributed by atoms with Gasteiger partial charge >= 0.3 is 12.1 Å². The highest BCUT2D eigenvalue weighted by Crippen LogP contribution is 2.24. The highest BCUT2D eigenvalue weighted by molar-refractivity contribution is 5.94. The van der Waals surface area contributed by atoms with Gasteiger partial charge in [-0.15, -0.1) is 0 Å². The van der Waals surface area contributed by atoms with Crippen LogP contribution >= 0.6 is 0 Å². The summed E-state index contributed by atoms with van der Waals surface area (Å²) in [4.78, 5) is 56.8. The maximum absolute atomic E-state index is 14.0. The number of carbonyl (C=O) groups is 4. The van der Waals surface area contributed by atoms with Gasteiger partial charge in [0, 0.05) is 36.6 Å². The molecule has 1 aliphatic heterocycles. The van der Waals surface area contributed by atoms with Gasteiger partial charge in [-0.2, -0.15) is 0 Å². The fourth-order valence-corrected chi connectivity index (χ4v) is 4.88. The van der Waals surface area contributed by atoms with Crippen molar-refractivity contribution in [2.75, 3.05) is 13.7 Å². The van der Waals surface area contributed by atoms with Crippen molar-refractivity contribution in [1.29, 1.82) is 0 Å². The van der Waals surface area contributed by atoms with Crippen LogP contribution in [0.3, 0.4) is 0 Å². The molecule has 0 radical (unpaired) electrons. The molecule has 3 aromatic rings. The van der Waals surface area contributed by atoms with Crippen LogP contribution in [0.15, 0.2) is 48.7 Å². The van der Waals surface area contributed by atoms with Gasteiger partial charge in [0.25, 0.3) is 0 Å². The summed E-state index contributed by atoms with van der Waals surface area (Å²) in [5, 5.41) is 6.48. The van der Waals surface area contributed by atoms with Gasteiger partial charge in [0.15, 0.2) is 0 Å². The molecule has 10 heteroatoms. The van der Waals surface area contributed by atoms with Crippen molar-refractivity contribution >= 4 is 34.8 Å². The molecule has 0 fully saturated rings. The van der Waals surface area contributed by atoms with E-state index in [0.29, 0.717) is 25.1 Å². The molecule has 0 aliphatic carbocycles. The maximum atomic E-state index is 14.0. The summed E-state index contributed by atoms with van der Waals surface area (Å²) in [6.07, 6.45) is 1.94. The lowest BCUT2D eigenvalue weighted by Gasteiger charge is -2.34. The van der Waals surface area contributed by atoms with Crippen LogP contribution in [0, 0.1) is 0 Å². The first-order valence-corrected chi connectivity index (χ1v) is 13.6. The van der Waals surface area contributed by atoms with Crippen molar-refractivity contribution in [2.24, 2.45) is 0 Å². The molecular formula is C31H38N4O6. The number of esters is 1. The standard InChI is InChI=1S/C31H38N4O6/c1-30(2,3)41-29(39)34-31(4,5)28(38)33-25(16-22-17-32-24-10-8-7-9-23(22)24)26(36)35-14-13-19-15-20(27(37)40-6)11-12-21(19)18-35/h7-12,15,17,25,32H,13-14,16,18H2,1-6H3,(H,33,38)(H,34,39)/t25-/m1/s1. The number of amides is 3. The first kappa shape index (κ1) is 29.6. The lowest BCUT2D eigenvalue weighted by atomic mass is 9.95. The minimum atomic E-state index is -1.35. The predicted molar refractivity (Wildman–Crippen MR) is 154 cm³/mol. The molecule has 0 saturated carbocycles. The first-order chi connectivity index (χ1) is 19.3. The summed E-state index contributed by atoms with van der Waals surface area (Å²) in [7, 11) is 1.34. The van der Waals surface area contributed by atoms with E-state index in [2.05, 4.69) is 15.6 Å². The Morgan fingerprint density at radius 1 is 1.02 bits per heavy atom. The van der Waals surface area contributed by atoms with Crippen molar-refractivity contribution < 1.29 is 28.7 Å². The van der Waals surface area contributed by atoms with Gasteiger partial charge in [0.05, 0.1) is 12.7 Å². The van der Waals surface area contributed by atoms with Crippen LogP contribution in [0.25, 0.3) is 10.9 Å². The second kappa shape index (κ2) is 11.6. The number of methoxy groups -OCH3 is 1. The molecule has 1 aliphatic rings. The molecule has 1 aromatic heterocycles. The third-order valence-corrected chi connectivity index (χ3v) is 7.03. The number of H-pyrrole nitrogens is 1. The Hall–Kier alpha value is -4.34. The Bertz CT molecular complexity index is 1470. The molecular weight excluding hydrogens is 524 g/mol. The number of alkyl carbamates (subject to hydrolysis) is 1. The molecule has 1 atom stereocenters. The average Bonchev–Trinajstić information content (AvgIpc) is 3.32. The summed E-state index contributed by atoms with van der Waals surface area (Å²) in [6.45, 7) is 9.12. The molecule has 2 heterocycles. The van der Waals surface area contributed by atoms with Gasteiger partial charge in [-0.25, -0.2) is 9.59 Å². The number of hydrogen-bond donors (Lipinski definition) is 3. The second-order valence-corrected chi connectivity index (χ2v) is 11.8. The minimum absolute atomic E-state index is 0.237. The van der Waals surface area contributed by atoms with E-state index in [-0.39, 0.29) is 12.3 Å². The molecule has 0 unspecified atom stereocenters. The maximum Gasteiger partial charge on any atom is 0.408 e. The van der Waals surface area contributed by atoms with Gasteiger partial charge in [0.2, 0.25) is 11.8 Å². The third kappa shape index (κ3) is 7.06. The third-order valence-electron chi connectivity index (χ3n) is 7.03. The average molecular weight is 563 g/mol. The molecule has 2 aromatic carbocycles. The van der Waals surface area contributed by atoms with Crippen molar-refractivity contribution in [1.82, 2.24) is 20.5 Å². The lowest BCUT2D eigenvalue weighted by Crippen LogP contribution is -2.60. The molecule has 4 rings (SSSR count). The number of ether oxygens (including phenoxy) is 2. The molecule has 3 N–H and O–H groups in total. The number of hydrogen-bond acceptors (Lipinski definition) is 6. The van der Waals surface area contributed by atoms with E-state index >= 15 is 0 Å². The van der Waals surface area contributed by atoms with Gasteiger partial charge in [-0.3, -0.25) is 9.59 Å². The van der Waals surface area contributed by atoms with E-state index in [1.165, 1.54) is 7.11 Å². The summed E-state index contributed by atoms with van der Waals surface area (Å²) < 4.78 is 10.2. The molecule has 0 spiro atoms. The molecule has 218 valence electrons. The van der Waals surface area contributed by atoms with Crippen LogP contribution in [-0.4, -0.2) is 64.6 Å². The lowest BCUT2D eigenvalue weighted by molar-refractivity contribution is -0.138. The summed E-state index contributed by atoms with van der Waals surface area (Å²) in [5.41, 5.74) is 2.12. The van der Waals surface area contributed by atoms with Crippen LogP contribution in [0.5, 0.6) is 0 Å².